The van der Waals surface area contributed by atoms with E-state index in [1.807, 2.05) is 32.0 Å². The summed E-state index contributed by atoms with van der Waals surface area (Å²) in [4.78, 5) is 11.3. The number of methoxy groups -OCH3 is 1. The average Bonchev–Trinajstić information content (AvgIpc) is 2.49. The summed E-state index contributed by atoms with van der Waals surface area (Å²) in [6.07, 6.45) is -0.0667. The number of ether oxygens (including phenoxy) is 1. The van der Waals surface area contributed by atoms with Gasteiger partial charge < -0.3 is 20.3 Å². The number of benzene rings is 1. The Morgan fingerprint density at radius 1 is 1.33 bits per heavy atom. The van der Waals surface area contributed by atoms with Crippen LogP contribution in [0.1, 0.15) is 35.6 Å². The van der Waals surface area contributed by atoms with Gasteiger partial charge >= 0.3 is 5.97 Å². The van der Waals surface area contributed by atoms with Crippen LogP contribution in [0.25, 0.3) is 0 Å². The molecule has 0 amide bonds. The van der Waals surface area contributed by atoms with E-state index in [2.05, 4.69) is 10.1 Å². The lowest BCUT2D eigenvalue weighted by molar-refractivity contribution is -0.141. The Morgan fingerprint density at radius 3 is 2.62 bits per heavy atom. The Bertz CT molecular complexity index is 462. The van der Waals surface area contributed by atoms with Crippen molar-refractivity contribution in [2.45, 2.75) is 38.8 Å². The summed E-state index contributed by atoms with van der Waals surface area (Å²) < 4.78 is 4.63. The zero-order valence-electron chi connectivity index (χ0n) is 12.9. The van der Waals surface area contributed by atoms with Crippen molar-refractivity contribution in [3.05, 3.63) is 34.9 Å². The van der Waals surface area contributed by atoms with E-state index in [9.17, 15) is 9.90 Å². The second kappa shape index (κ2) is 8.77. The van der Waals surface area contributed by atoms with E-state index in [1.54, 1.807) is 0 Å². The lowest BCUT2D eigenvalue weighted by Gasteiger charge is -2.24. The standard InChI is InChI=1S/C16H25NO4/c1-11-4-5-13(10-12(11)2)16(20)14(17-8-9-18)6-7-15(19)21-3/h4-5,10,14,16-18,20H,6-9H2,1-3H3. The van der Waals surface area contributed by atoms with Gasteiger partial charge in [0.15, 0.2) is 0 Å². The van der Waals surface area contributed by atoms with Gasteiger partial charge in [0.25, 0.3) is 0 Å². The van der Waals surface area contributed by atoms with Crippen molar-refractivity contribution in [2.24, 2.45) is 0 Å². The summed E-state index contributed by atoms with van der Waals surface area (Å²) in [5.41, 5.74) is 3.08. The van der Waals surface area contributed by atoms with Gasteiger partial charge in [0.1, 0.15) is 0 Å². The third kappa shape index (κ3) is 5.46. The number of hydrogen-bond acceptors (Lipinski definition) is 5. The van der Waals surface area contributed by atoms with Gasteiger partial charge in [-0.1, -0.05) is 18.2 Å². The number of aryl methyl sites for hydroxylation is 2. The molecule has 2 atom stereocenters. The predicted molar refractivity (Wildman–Crippen MR) is 81.0 cm³/mol. The number of hydrogen-bond donors (Lipinski definition) is 3. The van der Waals surface area contributed by atoms with Crippen molar-refractivity contribution >= 4 is 5.97 Å². The summed E-state index contributed by atoms with van der Waals surface area (Å²) in [5.74, 6) is -0.307. The van der Waals surface area contributed by atoms with Crippen LogP contribution in [-0.2, 0) is 9.53 Å². The van der Waals surface area contributed by atoms with Crippen LogP contribution in [0, 0.1) is 13.8 Å². The van der Waals surface area contributed by atoms with E-state index in [0.717, 1.165) is 11.1 Å². The number of nitrogens with one attached hydrogen (secondary N) is 1. The highest BCUT2D eigenvalue weighted by Gasteiger charge is 2.21. The number of aliphatic hydroxyl groups excluding tert-OH is 2. The van der Waals surface area contributed by atoms with Gasteiger partial charge in [-0.25, -0.2) is 0 Å². The van der Waals surface area contributed by atoms with Crippen molar-refractivity contribution in [1.29, 1.82) is 0 Å². The molecule has 0 saturated heterocycles. The minimum absolute atomic E-state index is 0.0195. The van der Waals surface area contributed by atoms with E-state index in [0.29, 0.717) is 13.0 Å². The molecule has 0 saturated carbocycles. The van der Waals surface area contributed by atoms with E-state index in [-0.39, 0.29) is 25.0 Å². The summed E-state index contributed by atoms with van der Waals surface area (Å²) in [6.45, 7) is 4.36. The second-order valence-electron chi connectivity index (χ2n) is 5.19. The molecule has 1 aromatic carbocycles. The fourth-order valence-corrected chi connectivity index (χ4v) is 2.18. The van der Waals surface area contributed by atoms with Crippen LogP contribution in [0.2, 0.25) is 0 Å². The molecule has 0 aliphatic heterocycles. The van der Waals surface area contributed by atoms with Crippen LogP contribution in [0.5, 0.6) is 0 Å². The summed E-state index contributed by atoms with van der Waals surface area (Å²) >= 11 is 0. The number of aliphatic hydroxyl groups is 2. The molecule has 118 valence electrons. The van der Waals surface area contributed by atoms with Gasteiger partial charge in [-0.3, -0.25) is 4.79 Å². The van der Waals surface area contributed by atoms with Crippen LogP contribution < -0.4 is 5.32 Å². The first-order chi connectivity index (χ1) is 9.99. The first kappa shape index (κ1) is 17.6. The van der Waals surface area contributed by atoms with Gasteiger partial charge in [-0.15, -0.1) is 0 Å². The first-order valence-electron chi connectivity index (χ1n) is 7.15. The number of rotatable bonds is 8. The van der Waals surface area contributed by atoms with Gasteiger partial charge in [0.2, 0.25) is 0 Å². The topological polar surface area (TPSA) is 78.8 Å². The molecule has 0 aliphatic carbocycles. The van der Waals surface area contributed by atoms with E-state index >= 15 is 0 Å². The van der Waals surface area contributed by atoms with Crippen LogP contribution >= 0.6 is 0 Å². The molecule has 5 heteroatoms. The maximum Gasteiger partial charge on any atom is 0.305 e. The highest BCUT2D eigenvalue weighted by Crippen LogP contribution is 2.22. The minimum Gasteiger partial charge on any atom is -0.469 e. The molecule has 0 bridgehead atoms. The van der Waals surface area contributed by atoms with Gasteiger partial charge in [-0.2, -0.15) is 0 Å². The quantitative estimate of drug-likeness (QED) is 0.629. The maximum absolute atomic E-state index is 11.3. The number of carbonyl (C=O) groups is 1. The van der Waals surface area contributed by atoms with Gasteiger partial charge in [0, 0.05) is 19.0 Å². The molecular formula is C16H25NO4. The Labute approximate surface area is 125 Å². The largest absolute Gasteiger partial charge is 0.469 e. The molecule has 0 spiro atoms. The fraction of sp³-hybridized carbons (Fsp3) is 0.562. The number of carbonyl (C=O) groups excluding carboxylic acids is 1. The zero-order valence-corrected chi connectivity index (χ0v) is 12.9. The van der Waals surface area contributed by atoms with Crippen LogP contribution in [0.4, 0.5) is 0 Å². The van der Waals surface area contributed by atoms with Gasteiger partial charge in [0.05, 0.1) is 19.8 Å². The Morgan fingerprint density at radius 2 is 2.05 bits per heavy atom. The molecule has 1 rings (SSSR count). The van der Waals surface area contributed by atoms with E-state index in [4.69, 9.17) is 5.11 Å². The predicted octanol–water partition coefficient (Wildman–Crippen LogP) is 1.24. The Kier molecular flexibility index (Phi) is 7.36. The fourth-order valence-electron chi connectivity index (χ4n) is 2.18. The highest BCUT2D eigenvalue weighted by atomic mass is 16.5. The van der Waals surface area contributed by atoms with Crippen LogP contribution in [0.15, 0.2) is 18.2 Å². The molecule has 0 aliphatic rings. The molecule has 0 fully saturated rings. The Balaban J connectivity index is 2.79. The third-order valence-electron chi connectivity index (χ3n) is 3.66. The smallest absolute Gasteiger partial charge is 0.305 e. The monoisotopic (exact) mass is 295 g/mol. The van der Waals surface area contributed by atoms with Gasteiger partial charge in [-0.05, 0) is 37.0 Å². The van der Waals surface area contributed by atoms with Crippen LogP contribution in [-0.4, -0.2) is 42.5 Å². The lowest BCUT2D eigenvalue weighted by Crippen LogP contribution is -2.37. The molecule has 0 aromatic heterocycles. The molecule has 2 unspecified atom stereocenters. The van der Waals surface area contributed by atoms with Crippen molar-refractivity contribution in [1.82, 2.24) is 5.32 Å². The molecular weight excluding hydrogens is 270 g/mol. The zero-order chi connectivity index (χ0) is 15.8. The molecule has 21 heavy (non-hydrogen) atoms. The van der Waals surface area contributed by atoms with Crippen molar-refractivity contribution < 1.29 is 19.7 Å². The first-order valence-corrected chi connectivity index (χ1v) is 7.15. The minimum atomic E-state index is -0.736. The SMILES string of the molecule is COC(=O)CCC(NCCO)C(O)c1ccc(C)c(C)c1. The Hall–Kier alpha value is -1.43. The average molecular weight is 295 g/mol. The van der Waals surface area contributed by atoms with Crippen molar-refractivity contribution in [2.75, 3.05) is 20.3 Å². The molecule has 0 radical (unpaired) electrons. The summed E-state index contributed by atoms with van der Waals surface area (Å²) in [6, 6.07) is 5.50. The van der Waals surface area contributed by atoms with Crippen molar-refractivity contribution in [3.63, 3.8) is 0 Å². The summed E-state index contributed by atoms with van der Waals surface area (Å²) in [5, 5.41) is 22.5. The van der Waals surface area contributed by atoms with E-state index < -0.39 is 6.10 Å². The molecule has 0 heterocycles. The van der Waals surface area contributed by atoms with Crippen LogP contribution in [0.3, 0.4) is 0 Å². The maximum atomic E-state index is 11.3. The molecule has 5 nitrogen and oxygen atoms in total. The van der Waals surface area contributed by atoms with E-state index in [1.165, 1.54) is 12.7 Å². The molecule has 1 aromatic rings. The molecule has 3 N–H and O–H groups in total. The second-order valence-corrected chi connectivity index (χ2v) is 5.19. The third-order valence-corrected chi connectivity index (χ3v) is 3.66. The lowest BCUT2D eigenvalue weighted by atomic mass is 9.95. The summed E-state index contributed by atoms with van der Waals surface area (Å²) in [7, 11) is 1.35. The normalized spacial score (nSPS) is 13.8. The number of esters is 1. The highest BCUT2D eigenvalue weighted by molar-refractivity contribution is 5.69. The van der Waals surface area contributed by atoms with Crippen molar-refractivity contribution in [3.8, 4) is 0 Å².